The van der Waals surface area contributed by atoms with Crippen molar-refractivity contribution in [2.24, 2.45) is 0 Å². The summed E-state index contributed by atoms with van der Waals surface area (Å²) in [6.45, 7) is 8.15. The molecule has 1 N–H and O–H groups in total. The van der Waals surface area contributed by atoms with Crippen molar-refractivity contribution in [1.82, 2.24) is 9.80 Å². The third kappa shape index (κ3) is 4.43. The molecule has 0 radical (unpaired) electrons. The fourth-order valence-corrected chi connectivity index (χ4v) is 4.55. The Hall–Kier alpha value is -1.37. The number of benzene rings is 1. The second kappa shape index (κ2) is 7.89. The number of phenols is 1. The first-order valence-electron chi connectivity index (χ1n) is 8.53. The molecule has 1 fully saturated rings. The number of rotatable bonds is 4. The highest BCUT2D eigenvalue weighted by Gasteiger charge is 2.24. The van der Waals surface area contributed by atoms with Crippen LogP contribution in [0.25, 0.3) is 0 Å². The van der Waals surface area contributed by atoms with Crippen LogP contribution in [0.1, 0.15) is 40.6 Å². The number of halogens is 1. The number of hydrogen-bond donors (Lipinski definition) is 1. The van der Waals surface area contributed by atoms with Crippen LogP contribution in [-0.4, -0.2) is 47.0 Å². The molecular weight excluding hydrogens is 400 g/mol. The molecule has 1 aliphatic rings. The normalized spacial score (nSPS) is 15.8. The van der Waals surface area contributed by atoms with E-state index in [1.165, 1.54) is 4.88 Å². The van der Waals surface area contributed by atoms with Crippen LogP contribution < -0.4 is 0 Å². The van der Waals surface area contributed by atoms with Crippen molar-refractivity contribution in [3.05, 3.63) is 50.1 Å². The second-order valence-electron chi connectivity index (χ2n) is 6.71. The number of hydrogen-bond acceptors (Lipinski definition) is 4. The molecule has 1 amide bonds. The third-order valence-corrected chi connectivity index (χ3v) is 6.20. The van der Waals surface area contributed by atoms with Crippen LogP contribution in [0, 0.1) is 0 Å². The average molecular weight is 423 g/mol. The molecule has 0 bridgehead atoms. The van der Waals surface area contributed by atoms with Gasteiger partial charge < -0.3 is 10.0 Å². The number of aromatic hydroxyl groups is 1. The van der Waals surface area contributed by atoms with Crippen LogP contribution in [0.2, 0.25) is 0 Å². The van der Waals surface area contributed by atoms with Gasteiger partial charge in [0.05, 0.1) is 9.35 Å². The molecule has 6 heteroatoms. The highest BCUT2D eigenvalue weighted by Crippen LogP contribution is 2.26. The van der Waals surface area contributed by atoms with E-state index in [1.54, 1.807) is 23.5 Å². The van der Waals surface area contributed by atoms with Gasteiger partial charge in [-0.1, -0.05) is 19.9 Å². The van der Waals surface area contributed by atoms with Crippen molar-refractivity contribution in [1.29, 1.82) is 0 Å². The van der Waals surface area contributed by atoms with Gasteiger partial charge in [-0.15, -0.1) is 11.3 Å². The molecule has 0 aliphatic carbocycles. The van der Waals surface area contributed by atoms with Gasteiger partial charge in [-0.2, -0.15) is 0 Å². The van der Waals surface area contributed by atoms with E-state index in [2.05, 4.69) is 46.8 Å². The van der Waals surface area contributed by atoms with Crippen LogP contribution in [0.5, 0.6) is 5.75 Å². The van der Waals surface area contributed by atoms with E-state index in [4.69, 9.17) is 0 Å². The molecule has 1 aromatic carbocycles. The van der Waals surface area contributed by atoms with Crippen LogP contribution in [-0.2, 0) is 6.54 Å². The summed E-state index contributed by atoms with van der Waals surface area (Å²) in [4.78, 5) is 18.2. The van der Waals surface area contributed by atoms with Crippen molar-refractivity contribution in [3.8, 4) is 5.75 Å². The van der Waals surface area contributed by atoms with Crippen molar-refractivity contribution in [3.63, 3.8) is 0 Å². The number of thiophene rings is 1. The zero-order chi connectivity index (χ0) is 18.0. The quantitative estimate of drug-likeness (QED) is 0.798. The Labute approximate surface area is 161 Å². The number of phenolic OH excluding ortho intramolecular Hbond substituents is 1. The molecule has 134 valence electrons. The SMILES string of the molecule is CC(C)c1ccc(C(=O)N2CCN(Cc3ccc(Br)s3)CC2)c(O)c1. The Morgan fingerprint density at radius 1 is 1.20 bits per heavy atom. The van der Waals surface area contributed by atoms with E-state index in [0.29, 0.717) is 24.6 Å². The van der Waals surface area contributed by atoms with Crippen LogP contribution >= 0.6 is 27.3 Å². The van der Waals surface area contributed by atoms with Crippen LogP contribution in [0.4, 0.5) is 0 Å². The summed E-state index contributed by atoms with van der Waals surface area (Å²) in [5.41, 5.74) is 1.45. The largest absolute Gasteiger partial charge is 0.507 e. The summed E-state index contributed by atoms with van der Waals surface area (Å²) in [6, 6.07) is 9.61. The van der Waals surface area contributed by atoms with Gasteiger partial charge in [-0.05, 0) is 51.7 Å². The second-order valence-corrected chi connectivity index (χ2v) is 9.25. The molecule has 0 atom stereocenters. The monoisotopic (exact) mass is 422 g/mol. The highest BCUT2D eigenvalue weighted by atomic mass is 79.9. The maximum atomic E-state index is 12.7. The molecule has 4 nitrogen and oxygen atoms in total. The minimum atomic E-state index is -0.0775. The molecule has 2 aromatic rings. The fraction of sp³-hybridized carbons (Fsp3) is 0.421. The molecule has 3 rings (SSSR count). The maximum Gasteiger partial charge on any atom is 0.257 e. The van der Waals surface area contributed by atoms with Crippen molar-refractivity contribution >= 4 is 33.2 Å². The lowest BCUT2D eigenvalue weighted by molar-refractivity contribution is 0.0626. The molecule has 0 spiro atoms. The first-order valence-corrected chi connectivity index (χ1v) is 10.1. The Morgan fingerprint density at radius 2 is 1.92 bits per heavy atom. The lowest BCUT2D eigenvalue weighted by atomic mass is 10.0. The first kappa shape index (κ1) is 18.4. The van der Waals surface area contributed by atoms with E-state index >= 15 is 0 Å². The van der Waals surface area contributed by atoms with E-state index < -0.39 is 0 Å². The summed E-state index contributed by atoms with van der Waals surface area (Å²) in [5.74, 6) is 0.337. The predicted molar refractivity (Wildman–Crippen MR) is 105 cm³/mol. The summed E-state index contributed by atoms with van der Waals surface area (Å²) in [6.07, 6.45) is 0. The van der Waals surface area contributed by atoms with Gasteiger partial charge in [0.25, 0.3) is 5.91 Å². The number of amides is 1. The van der Waals surface area contributed by atoms with Crippen molar-refractivity contribution in [2.45, 2.75) is 26.3 Å². The third-order valence-electron chi connectivity index (χ3n) is 4.59. The van der Waals surface area contributed by atoms with Gasteiger partial charge in [0.2, 0.25) is 0 Å². The lowest BCUT2D eigenvalue weighted by Crippen LogP contribution is -2.48. The summed E-state index contributed by atoms with van der Waals surface area (Å²) in [7, 11) is 0. The zero-order valence-electron chi connectivity index (χ0n) is 14.5. The van der Waals surface area contributed by atoms with E-state index in [0.717, 1.165) is 29.0 Å². The summed E-state index contributed by atoms with van der Waals surface area (Å²) in [5, 5.41) is 10.2. The molecule has 1 aliphatic heterocycles. The molecule has 1 aromatic heterocycles. The predicted octanol–water partition coefficient (Wildman–Crippen LogP) is 4.30. The van der Waals surface area contributed by atoms with E-state index in [9.17, 15) is 9.90 Å². The molecule has 25 heavy (non-hydrogen) atoms. The van der Waals surface area contributed by atoms with Gasteiger partial charge in [0, 0.05) is 37.6 Å². The Bertz CT molecular complexity index is 752. The average Bonchev–Trinajstić information content (AvgIpc) is 2.99. The van der Waals surface area contributed by atoms with Gasteiger partial charge in [0.1, 0.15) is 5.75 Å². The minimum Gasteiger partial charge on any atom is -0.507 e. The Kier molecular flexibility index (Phi) is 5.81. The molecule has 2 heterocycles. The van der Waals surface area contributed by atoms with Gasteiger partial charge in [-0.3, -0.25) is 9.69 Å². The summed E-state index contributed by atoms with van der Waals surface area (Å²) < 4.78 is 1.15. The Morgan fingerprint density at radius 3 is 2.48 bits per heavy atom. The van der Waals surface area contributed by atoms with Gasteiger partial charge in [0.15, 0.2) is 0 Å². The highest BCUT2D eigenvalue weighted by molar-refractivity contribution is 9.11. The maximum absolute atomic E-state index is 12.7. The first-order chi connectivity index (χ1) is 11.9. The van der Waals surface area contributed by atoms with E-state index in [-0.39, 0.29) is 11.7 Å². The molecule has 0 saturated carbocycles. The van der Waals surface area contributed by atoms with Gasteiger partial charge in [-0.25, -0.2) is 0 Å². The number of piperazine rings is 1. The van der Waals surface area contributed by atoms with Crippen LogP contribution in [0.15, 0.2) is 34.1 Å². The molecule has 1 saturated heterocycles. The minimum absolute atomic E-state index is 0.0775. The molecular formula is C19H23BrN2O2S. The lowest BCUT2D eigenvalue weighted by Gasteiger charge is -2.34. The van der Waals surface area contributed by atoms with E-state index in [1.807, 2.05) is 11.0 Å². The Balaban J connectivity index is 1.60. The number of nitrogens with zero attached hydrogens (tertiary/aromatic N) is 2. The molecule has 0 unspecified atom stereocenters. The standard InChI is InChI=1S/C19H23BrN2O2S/c1-13(2)14-3-5-16(17(23)11-14)19(24)22-9-7-21(8-10-22)12-15-4-6-18(20)25-15/h3-6,11,13,23H,7-10,12H2,1-2H3. The van der Waals surface area contributed by atoms with Gasteiger partial charge >= 0.3 is 0 Å². The fourth-order valence-electron chi connectivity index (χ4n) is 3.03. The topological polar surface area (TPSA) is 43.8 Å². The van der Waals surface area contributed by atoms with Crippen molar-refractivity contribution < 1.29 is 9.90 Å². The number of carbonyl (C=O) groups is 1. The number of carbonyl (C=O) groups excluding carboxylic acids is 1. The van der Waals surface area contributed by atoms with Crippen molar-refractivity contribution in [2.75, 3.05) is 26.2 Å². The summed E-state index contributed by atoms with van der Waals surface area (Å²) >= 11 is 5.25. The van der Waals surface area contributed by atoms with Crippen LogP contribution in [0.3, 0.4) is 0 Å². The smallest absolute Gasteiger partial charge is 0.257 e. The zero-order valence-corrected chi connectivity index (χ0v) is 16.9.